The molecule has 5 rings (SSSR count). The standard InChI is InChI=1S/C29H29NO7/c31-26(32)25-6-2-1-5-24(25)22-10-9-20-15-19(7-8-21(20)16-22)17-30(27(33)36-23-11-12-23)18-29(37-28(34)35)13-3-4-14-29/h1-2,5-10,15-16,23H,3-4,11-14,17-18H2,(H,31,32)(H,34,35). The number of amides is 1. The van der Waals surface area contributed by atoms with Crippen LogP contribution in [0.25, 0.3) is 21.9 Å². The van der Waals surface area contributed by atoms with Crippen LogP contribution in [0.4, 0.5) is 9.59 Å². The zero-order chi connectivity index (χ0) is 26.0. The first kappa shape index (κ1) is 24.6. The van der Waals surface area contributed by atoms with Gasteiger partial charge < -0.3 is 19.7 Å². The molecule has 2 fully saturated rings. The van der Waals surface area contributed by atoms with Crippen LogP contribution in [0.3, 0.4) is 0 Å². The first-order chi connectivity index (χ1) is 17.8. The summed E-state index contributed by atoms with van der Waals surface area (Å²) in [7, 11) is 0. The molecule has 3 aromatic rings. The molecule has 0 atom stereocenters. The molecule has 2 N–H and O–H groups in total. The lowest BCUT2D eigenvalue weighted by atomic mass is 9.96. The Labute approximate surface area is 214 Å². The van der Waals surface area contributed by atoms with E-state index in [1.54, 1.807) is 23.1 Å². The van der Waals surface area contributed by atoms with Crippen molar-refractivity contribution in [3.05, 3.63) is 71.8 Å². The Morgan fingerprint density at radius 1 is 0.919 bits per heavy atom. The highest BCUT2D eigenvalue weighted by Gasteiger charge is 2.41. The molecule has 0 unspecified atom stereocenters. The minimum atomic E-state index is -1.33. The van der Waals surface area contributed by atoms with E-state index in [1.807, 2.05) is 42.5 Å². The van der Waals surface area contributed by atoms with Crippen molar-refractivity contribution in [1.82, 2.24) is 4.90 Å². The van der Waals surface area contributed by atoms with Gasteiger partial charge in [0.15, 0.2) is 0 Å². The van der Waals surface area contributed by atoms with Gasteiger partial charge >= 0.3 is 18.2 Å². The fourth-order valence-corrected chi connectivity index (χ4v) is 5.14. The molecule has 0 saturated heterocycles. The predicted molar refractivity (Wildman–Crippen MR) is 137 cm³/mol. The van der Waals surface area contributed by atoms with E-state index in [0.29, 0.717) is 18.4 Å². The third-order valence-electron chi connectivity index (χ3n) is 7.09. The van der Waals surface area contributed by atoms with E-state index in [9.17, 15) is 24.6 Å². The highest BCUT2D eigenvalue weighted by molar-refractivity contribution is 5.98. The molecule has 2 aliphatic carbocycles. The quantitative estimate of drug-likeness (QED) is 0.346. The third-order valence-corrected chi connectivity index (χ3v) is 7.09. The largest absolute Gasteiger partial charge is 0.506 e. The number of carbonyl (C=O) groups excluding carboxylic acids is 1. The molecule has 2 aliphatic rings. The van der Waals surface area contributed by atoms with Crippen LogP contribution in [0.2, 0.25) is 0 Å². The Morgan fingerprint density at radius 2 is 1.62 bits per heavy atom. The van der Waals surface area contributed by atoms with Crippen LogP contribution in [-0.2, 0) is 16.0 Å². The minimum Gasteiger partial charge on any atom is -0.478 e. The number of benzene rings is 3. The van der Waals surface area contributed by atoms with Gasteiger partial charge in [0.2, 0.25) is 0 Å². The molecule has 37 heavy (non-hydrogen) atoms. The van der Waals surface area contributed by atoms with Crippen LogP contribution < -0.4 is 0 Å². The van der Waals surface area contributed by atoms with Crippen LogP contribution in [0.15, 0.2) is 60.7 Å². The fraction of sp³-hybridized carbons (Fsp3) is 0.345. The highest BCUT2D eigenvalue weighted by Crippen LogP contribution is 2.36. The number of rotatable bonds is 8. The van der Waals surface area contributed by atoms with Gasteiger partial charge in [-0.1, -0.05) is 42.5 Å². The first-order valence-electron chi connectivity index (χ1n) is 12.5. The van der Waals surface area contributed by atoms with Crippen molar-refractivity contribution in [3.8, 4) is 11.1 Å². The van der Waals surface area contributed by atoms with Gasteiger partial charge in [0, 0.05) is 6.54 Å². The summed E-state index contributed by atoms with van der Waals surface area (Å²) in [5.74, 6) is -0.976. The van der Waals surface area contributed by atoms with Gasteiger partial charge in [-0.3, -0.25) is 4.90 Å². The molecule has 2 saturated carbocycles. The summed E-state index contributed by atoms with van der Waals surface area (Å²) in [5.41, 5.74) is 1.66. The Kier molecular flexibility index (Phi) is 6.74. The van der Waals surface area contributed by atoms with Crippen LogP contribution in [0.1, 0.15) is 54.4 Å². The Morgan fingerprint density at radius 3 is 2.32 bits per heavy atom. The van der Waals surface area contributed by atoms with Crippen molar-refractivity contribution < 1.29 is 34.1 Å². The average molecular weight is 504 g/mol. The second-order valence-electron chi connectivity index (χ2n) is 9.94. The maximum atomic E-state index is 13.0. The number of carboxylic acid groups (broad SMARTS) is 2. The van der Waals surface area contributed by atoms with Gasteiger partial charge in [0.1, 0.15) is 11.7 Å². The van der Waals surface area contributed by atoms with Gasteiger partial charge in [0.05, 0.1) is 12.1 Å². The molecule has 3 aromatic carbocycles. The molecule has 8 heteroatoms. The third kappa shape index (κ3) is 5.69. The van der Waals surface area contributed by atoms with Crippen molar-refractivity contribution in [2.24, 2.45) is 0 Å². The Bertz CT molecular complexity index is 1340. The molecule has 192 valence electrons. The van der Waals surface area contributed by atoms with E-state index in [1.165, 1.54) is 0 Å². The second-order valence-corrected chi connectivity index (χ2v) is 9.94. The topological polar surface area (TPSA) is 113 Å². The van der Waals surface area contributed by atoms with E-state index in [0.717, 1.165) is 47.6 Å². The molecule has 0 aliphatic heterocycles. The number of fused-ring (bicyclic) bond motifs is 1. The van der Waals surface area contributed by atoms with Gasteiger partial charge in [0.25, 0.3) is 0 Å². The summed E-state index contributed by atoms with van der Waals surface area (Å²) >= 11 is 0. The van der Waals surface area contributed by atoms with Crippen LogP contribution in [-0.4, -0.2) is 51.6 Å². The van der Waals surface area contributed by atoms with Crippen molar-refractivity contribution in [2.75, 3.05) is 6.54 Å². The lowest BCUT2D eigenvalue weighted by Crippen LogP contribution is -2.46. The fourth-order valence-electron chi connectivity index (χ4n) is 5.14. The molecular weight excluding hydrogens is 474 g/mol. The highest BCUT2D eigenvalue weighted by atomic mass is 16.7. The number of aromatic carboxylic acids is 1. The van der Waals surface area contributed by atoms with Crippen LogP contribution in [0.5, 0.6) is 0 Å². The van der Waals surface area contributed by atoms with E-state index in [-0.39, 0.29) is 24.8 Å². The smallest absolute Gasteiger partial charge is 0.478 e. The first-order valence-corrected chi connectivity index (χ1v) is 12.5. The molecule has 8 nitrogen and oxygen atoms in total. The molecule has 0 heterocycles. The summed E-state index contributed by atoms with van der Waals surface area (Å²) in [5, 5.41) is 20.8. The molecular formula is C29H29NO7. The zero-order valence-corrected chi connectivity index (χ0v) is 20.4. The van der Waals surface area contributed by atoms with Gasteiger partial charge in [-0.15, -0.1) is 0 Å². The molecule has 0 bridgehead atoms. The number of carbonyl (C=O) groups is 3. The number of hydrogen-bond donors (Lipinski definition) is 2. The van der Waals surface area contributed by atoms with Gasteiger partial charge in [-0.05, 0) is 84.2 Å². The lowest BCUT2D eigenvalue weighted by molar-refractivity contribution is -0.0365. The van der Waals surface area contributed by atoms with Crippen LogP contribution in [0, 0.1) is 0 Å². The summed E-state index contributed by atoms with van der Waals surface area (Å²) < 4.78 is 10.9. The second kappa shape index (κ2) is 10.1. The Hall–Kier alpha value is -4.07. The molecule has 0 spiro atoms. The summed E-state index contributed by atoms with van der Waals surface area (Å²) in [6.45, 7) is 0.406. The molecule has 1 amide bonds. The summed E-state index contributed by atoms with van der Waals surface area (Å²) in [6, 6.07) is 18.5. The summed E-state index contributed by atoms with van der Waals surface area (Å²) in [6.07, 6.45) is 2.68. The normalized spacial score (nSPS) is 16.3. The number of ether oxygens (including phenoxy) is 2. The summed E-state index contributed by atoms with van der Waals surface area (Å²) in [4.78, 5) is 37.6. The maximum absolute atomic E-state index is 13.0. The van der Waals surface area contributed by atoms with Gasteiger partial charge in [-0.2, -0.15) is 0 Å². The number of nitrogens with zero attached hydrogens (tertiary/aromatic N) is 1. The van der Waals surface area contributed by atoms with E-state index >= 15 is 0 Å². The van der Waals surface area contributed by atoms with Crippen molar-refractivity contribution in [2.45, 2.75) is 56.8 Å². The van der Waals surface area contributed by atoms with Crippen molar-refractivity contribution in [3.63, 3.8) is 0 Å². The van der Waals surface area contributed by atoms with E-state index in [4.69, 9.17) is 9.47 Å². The SMILES string of the molecule is O=C(O)OC1(CN(Cc2ccc3cc(-c4ccccc4C(=O)O)ccc3c2)C(=O)OC2CC2)CCCC1. The maximum Gasteiger partial charge on any atom is 0.506 e. The van der Waals surface area contributed by atoms with Crippen LogP contribution >= 0.6 is 0 Å². The monoisotopic (exact) mass is 503 g/mol. The van der Waals surface area contributed by atoms with E-state index in [2.05, 4.69) is 0 Å². The molecule has 0 aromatic heterocycles. The zero-order valence-electron chi connectivity index (χ0n) is 20.4. The average Bonchev–Trinajstić information content (AvgIpc) is 3.58. The predicted octanol–water partition coefficient (Wildman–Crippen LogP) is 6.31. The lowest BCUT2D eigenvalue weighted by Gasteiger charge is -2.33. The van der Waals surface area contributed by atoms with Crippen molar-refractivity contribution in [1.29, 1.82) is 0 Å². The molecule has 0 radical (unpaired) electrons. The number of carboxylic acids is 1. The van der Waals surface area contributed by atoms with E-state index < -0.39 is 23.8 Å². The minimum absolute atomic E-state index is 0.0707. The number of hydrogen-bond acceptors (Lipinski definition) is 5. The Balaban J connectivity index is 1.41. The van der Waals surface area contributed by atoms with Crippen molar-refractivity contribution >= 4 is 29.0 Å². The van der Waals surface area contributed by atoms with Gasteiger partial charge in [-0.25, -0.2) is 14.4 Å².